The maximum atomic E-state index is 12.5. The first-order chi connectivity index (χ1) is 16.4. The minimum absolute atomic E-state index is 0.154. The van der Waals surface area contributed by atoms with Gasteiger partial charge in [-0.2, -0.15) is 0 Å². The van der Waals surface area contributed by atoms with Crippen LogP contribution in [0, 0.1) is 10.7 Å². The van der Waals surface area contributed by atoms with Crippen LogP contribution in [0.1, 0.15) is 18.1 Å². The number of rotatable bonds is 7. The van der Waals surface area contributed by atoms with Crippen LogP contribution in [-0.4, -0.2) is 17.7 Å². The lowest BCUT2D eigenvalue weighted by Crippen LogP contribution is -2.19. The van der Waals surface area contributed by atoms with E-state index in [-0.39, 0.29) is 5.91 Å². The van der Waals surface area contributed by atoms with Gasteiger partial charge in [-0.1, -0.05) is 12.1 Å². The summed E-state index contributed by atoms with van der Waals surface area (Å²) in [5, 5.41) is 3.40. The van der Waals surface area contributed by atoms with Gasteiger partial charge in [-0.05, 0) is 152 Å². The Kier molecular flexibility index (Phi) is 9.15. The molecule has 0 radical (unpaired) electrons. The van der Waals surface area contributed by atoms with Gasteiger partial charge in [0, 0.05) is 3.57 Å². The molecule has 0 aromatic heterocycles. The van der Waals surface area contributed by atoms with Crippen molar-refractivity contribution in [2.75, 3.05) is 6.61 Å². The van der Waals surface area contributed by atoms with Crippen molar-refractivity contribution in [3.05, 3.63) is 87.4 Å². The zero-order chi connectivity index (χ0) is 24.1. The Hall–Kier alpha value is -1.32. The van der Waals surface area contributed by atoms with Gasteiger partial charge in [-0.15, -0.1) is 0 Å². The third-order valence-electron chi connectivity index (χ3n) is 4.64. The van der Waals surface area contributed by atoms with E-state index >= 15 is 0 Å². The van der Waals surface area contributed by atoms with Gasteiger partial charge in [0.2, 0.25) is 0 Å². The molecule has 1 aliphatic rings. The smallest absolute Gasteiger partial charge is 0.264 e. The van der Waals surface area contributed by atoms with Crippen LogP contribution in [0.5, 0.6) is 11.5 Å². The highest BCUT2D eigenvalue weighted by Gasteiger charge is 2.24. The van der Waals surface area contributed by atoms with Crippen LogP contribution < -0.4 is 14.8 Å². The molecule has 34 heavy (non-hydrogen) atoms. The molecule has 1 saturated heterocycles. The second kappa shape index (κ2) is 12.1. The van der Waals surface area contributed by atoms with E-state index in [0.29, 0.717) is 23.3 Å². The van der Waals surface area contributed by atoms with Gasteiger partial charge >= 0.3 is 0 Å². The molecule has 1 aliphatic heterocycles. The quantitative estimate of drug-likeness (QED) is 0.200. The summed E-state index contributed by atoms with van der Waals surface area (Å²) in [6, 6.07) is 19.8. The van der Waals surface area contributed by atoms with E-state index in [9.17, 15) is 4.79 Å². The number of nitrogens with one attached hydrogen (secondary N) is 1. The standard InChI is InChI=1S/C25H19I3N2O3S/c1-2-32-19-9-7-18(8-10-19)29-25-30-24(31)22(34-25)13-16-11-20(27)23(21(28)12-16)33-14-15-3-5-17(26)6-4-15/h3-13H,2,14H2,1H3,(H,29,30,31)/b22-13+. The third-order valence-corrected chi connectivity index (χ3v) is 7.88. The van der Waals surface area contributed by atoms with Gasteiger partial charge in [0.1, 0.15) is 18.1 Å². The lowest BCUT2D eigenvalue weighted by molar-refractivity contribution is -0.115. The van der Waals surface area contributed by atoms with Crippen molar-refractivity contribution < 1.29 is 14.3 Å². The second-order valence-electron chi connectivity index (χ2n) is 7.14. The molecule has 1 amide bonds. The molecule has 1 heterocycles. The maximum Gasteiger partial charge on any atom is 0.264 e. The largest absolute Gasteiger partial charge is 0.494 e. The van der Waals surface area contributed by atoms with Crippen LogP contribution >= 0.6 is 79.5 Å². The van der Waals surface area contributed by atoms with Crippen molar-refractivity contribution in [2.45, 2.75) is 13.5 Å². The molecule has 1 fully saturated rings. The van der Waals surface area contributed by atoms with Crippen LogP contribution in [0.3, 0.4) is 0 Å². The number of aliphatic imine (C=N–C) groups is 1. The number of amidine groups is 1. The molecular weight excluding hydrogens is 789 g/mol. The van der Waals surface area contributed by atoms with Crippen molar-refractivity contribution >= 4 is 102 Å². The Labute approximate surface area is 243 Å². The van der Waals surface area contributed by atoms with Crippen molar-refractivity contribution in [3.63, 3.8) is 0 Å². The number of thioether (sulfide) groups is 1. The molecule has 0 bridgehead atoms. The number of nitrogens with zero attached hydrogens (tertiary/aromatic N) is 1. The van der Waals surface area contributed by atoms with Gasteiger partial charge in [0.25, 0.3) is 5.91 Å². The lowest BCUT2D eigenvalue weighted by Gasteiger charge is -2.12. The molecule has 0 spiro atoms. The molecular formula is C25H19I3N2O3S. The molecule has 174 valence electrons. The summed E-state index contributed by atoms with van der Waals surface area (Å²) in [6.07, 6.45) is 1.88. The predicted octanol–water partition coefficient (Wildman–Crippen LogP) is 7.37. The molecule has 0 atom stereocenters. The number of benzene rings is 3. The van der Waals surface area contributed by atoms with E-state index in [1.807, 2.05) is 49.4 Å². The number of hydrogen-bond donors (Lipinski definition) is 1. The normalized spacial score (nSPS) is 15.6. The van der Waals surface area contributed by atoms with Crippen molar-refractivity contribution in [2.24, 2.45) is 4.99 Å². The van der Waals surface area contributed by atoms with Crippen LogP contribution in [0.25, 0.3) is 6.08 Å². The average Bonchev–Trinajstić information content (AvgIpc) is 3.14. The predicted molar refractivity (Wildman–Crippen MR) is 164 cm³/mol. The highest BCUT2D eigenvalue weighted by molar-refractivity contribution is 14.1. The first-order valence-corrected chi connectivity index (χ1v) is 14.4. The van der Waals surface area contributed by atoms with Crippen molar-refractivity contribution in [1.82, 2.24) is 5.32 Å². The van der Waals surface area contributed by atoms with Crippen LogP contribution in [0.4, 0.5) is 5.69 Å². The molecule has 5 nitrogen and oxygen atoms in total. The van der Waals surface area contributed by atoms with E-state index in [2.05, 4.69) is 102 Å². The van der Waals surface area contributed by atoms with Gasteiger partial charge in [0.15, 0.2) is 5.17 Å². The van der Waals surface area contributed by atoms with E-state index < -0.39 is 0 Å². The Balaban J connectivity index is 1.46. The van der Waals surface area contributed by atoms with E-state index in [0.717, 1.165) is 35.5 Å². The summed E-state index contributed by atoms with van der Waals surface area (Å²) in [7, 11) is 0. The zero-order valence-electron chi connectivity index (χ0n) is 18.0. The second-order valence-corrected chi connectivity index (χ2v) is 11.7. The summed E-state index contributed by atoms with van der Waals surface area (Å²) < 4.78 is 14.7. The summed E-state index contributed by atoms with van der Waals surface area (Å²) in [5.74, 6) is 1.49. The Morgan fingerprint density at radius 1 is 0.971 bits per heavy atom. The van der Waals surface area contributed by atoms with Crippen LogP contribution in [0.15, 0.2) is 70.6 Å². The first-order valence-electron chi connectivity index (χ1n) is 10.3. The molecule has 0 saturated carbocycles. The highest BCUT2D eigenvalue weighted by atomic mass is 127. The van der Waals surface area contributed by atoms with Gasteiger partial charge < -0.3 is 14.8 Å². The molecule has 9 heteroatoms. The lowest BCUT2D eigenvalue weighted by atomic mass is 10.2. The molecule has 4 rings (SSSR count). The van der Waals surface area contributed by atoms with E-state index in [4.69, 9.17) is 9.47 Å². The van der Waals surface area contributed by atoms with Gasteiger partial charge in [0.05, 0.1) is 24.3 Å². The summed E-state index contributed by atoms with van der Waals surface area (Å²) in [5.41, 5.74) is 2.82. The third kappa shape index (κ3) is 6.88. The Morgan fingerprint density at radius 2 is 1.65 bits per heavy atom. The minimum atomic E-state index is -0.154. The monoisotopic (exact) mass is 808 g/mol. The number of hydrogen-bond acceptors (Lipinski definition) is 5. The van der Waals surface area contributed by atoms with Crippen LogP contribution in [-0.2, 0) is 11.4 Å². The number of amides is 1. The average molecular weight is 808 g/mol. The molecule has 1 N–H and O–H groups in total. The van der Waals surface area contributed by atoms with E-state index in [1.165, 1.54) is 15.3 Å². The number of carbonyl (C=O) groups is 1. The number of halogens is 3. The van der Waals surface area contributed by atoms with Crippen molar-refractivity contribution in [1.29, 1.82) is 0 Å². The van der Waals surface area contributed by atoms with Gasteiger partial charge in [-0.25, -0.2) is 4.99 Å². The SMILES string of the molecule is CCOc1ccc(N=C2NC(=O)/C(=C\c3cc(I)c(OCc4ccc(I)cc4)c(I)c3)S2)cc1. The Bertz CT molecular complexity index is 1240. The molecule has 0 aliphatic carbocycles. The van der Waals surface area contributed by atoms with Crippen molar-refractivity contribution in [3.8, 4) is 11.5 Å². The highest BCUT2D eigenvalue weighted by Crippen LogP contribution is 2.33. The molecule has 3 aromatic carbocycles. The minimum Gasteiger partial charge on any atom is -0.494 e. The zero-order valence-corrected chi connectivity index (χ0v) is 25.3. The summed E-state index contributed by atoms with van der Waals surface area (Å²) in [4.78, 5) is 17.6. The first kappa shape index (κ1) is 25.8. The Morgan fingerprint density at radius 3 is 2.29 bits per heavy atom. The molecule has 3 aromatic rings. The summed E-state index contributed by atoms with van der Waals surface area (Å²) >= 11 is 8.18. The maximum absolute atomic E-state index is 12.5. The number of carbonyl (C=O) groups excluding carboxylic acids is 1. The number of ether oxygens (including phenoxy) is 2. The fourth-order valence-electron chi connectivity index (χ4n) is 3.07. The fourth-order valence-corrected chi connectivity index (χ4v) is 6.40. The van der Waals surface area contributed by atoms with Crippen LogP contribution in [0.2, 0.25) is 0 Å². The van der Waals surface area contributed by atoms with E-state index in [1.54, 1.807) is 0 Å². The summed E-state index contributed by atoms with van der Waals surface area (Å²) in [6.45, 7) is 3.07. The topological polar surface area (TPSA) is 59.9 Å². The van der Waals surface area contributed by atoms with Gasteiger partial charge in [-0.3, -0.25) is 4.79 Å². The fraction of sp³-hybridized carbons (Fsp3) is 0.120. The molecule has 0 unspecified atom stereocenters.